The fourth-order valence-electron chi connectivity index (χ4n) is 1.41. The van der Waals surface area contributed by atoms with Crippen molar-refractivity contribution in [2.24, 2.45) is 10.7 Å². The third-order valence-corrected chi connectivity index (χ3v) is 4.07. The number of nitrogens with zero attached hydrogens (tertiary/aromatic N) is 1. The zero-order chi connectivity index (χ0) is 15.0. The van der Waals surface area contributed by atoms with Gasteiger partial charge in [-0.1, -0.05) is 0 Å². The first-order chi connectivity index (χ1) is 9.21. The summed E-state index contributed by atoms with van der Waals surface area (Å²) in [5, 5.41) is -0.668. The van der Waals surface area contributed by atoms with Gasteiger partial charge in [-0.2, -0.15) is 13.2 Å². The maximum atomic E-state index is 12.3. The third kappa shape index (κ3) is 2.77. The van der Waals surface area contributed by atoms with Crippen LogP contribution in [0.3, 0.4) is 0 Å². The molecule has 1 aromatic rings. The molecule has 0 radical (unpaired) electrons. The summed E-state index contributed by atoms with van der Waals surface area (Å²) in [7, 11) is -3.78. The Hall–Kier alpha value is -2.03. The van der Waals surface area contributed by atoms with Gasteiger partial charge in [-0.3, -0.25) is 0 Å². The standard InChI is InChI=1S/C11H9F3N2O3S/c12-11(13,14)7-1-3-8(4-2-7)19-6-10-16-5-9(15)20(10,17)18/h1-5H,6,15H2. The molecule has 0 amide bonds. The number of alkyl halides is 3. The monoisotopic (exact) mass is 306 g/mol. The first kappa shape index (κ1) is 14.4. The molecule has 0 spiro atoms. The average molecular weight is 306 g/mol. The van der Waals surface area contributed by atoms with Gasteiger partial charge in [-0.25, -0.2) is 13.4 Å². The van der Waals surface area contributed by atoms with Crippen molar-refractivity contribution >= 4 is 14.9 Å². The molecule has 1 aliphatic heterocycles. The van der Waals surface area contributed by atoms with Crippen molar-refractivity contribution in [1.82, 2.24) is 0 Å². The molecule has 1 aliphatic rings. The Kier molecular flexibility index (Phi) is 3.46. The van der Waals surface area contributed by atoms with Crippen LogP contribution in [0.25, 0.3) is 0 Å². The molecule has 0 bridgehead atoms. The number of hydrogen-bond donors (Lipinski definition) is 1. The number of hydrogen-bond acceptors (Lipinski definition) is 5. The largest absolute Gasteiger partial charge is 0.487 e. The summed E-state index contributed by atoms with van der Waals surface area (Å²) in [5.41, 5.74) is 4.40. The molecule has 2 N–H and O–H groups in total. The van der Waals surface area contributed by atoms with Crippen LogP contribution < -0.4 is 10.5 Å². The van der Waals surface area contributed by atoms with Crippen molar-refractivity contribution in [2.45, 2.75) is 6.18 Å². The zero-order valence-electron chi connectivity index (χ0n) is 9.89. The van der Waals surface area contributed by atoms with E-state index in [9.17, 15) is 21.6 Å². The predicted octanol–water partition coefficient (Wildman–Crippen LogP) is 1.67. The molecule has 20 heavy (non-hydrogen) atoms. The summed E-state index contributed by atoms with van der Waals surface area (Å²) in [5.74, 6) is 0.0985. The maximum Gasteiger partial charge on any atom is 0.416 e. The Balaban J connectivity index is 2.03. The number of nitrogens with two attached hydrogens (primary N) is 1. The van der Waals surface area contributed by atoms with Crippen LogP contribution in [-0.2, 0) is 16.0 Å². The van der Waals surface area contributed by atoms with Gasteiger partial charge in [0.1, 0.15) is 12.4 Å². The van der Waals surface area contributed by atoms with E-state index in [1.165, 1.54) is 0 Å². The molecule has 1 heterocycles. The number of sulfone groups is 1. The van der Waals surface area contributed by atoms with Crippen LogP contribution in [0.15, 0.2) is 40.5 Å². The number of halogens is 3. The van der Waals surface area contributed by atoms with Crippen molar-refractivity contribution in [2.75, 3.05) is 6.61 Å². The number of benzene rings is 1. The lowest BCUT2D eigenvalue weighted by Crippen LogP contribution is -2.23. The van der Waals surface area contributed by atoms with Crippen LogP contribution in [0, 0.1) is 0 Å². The van der Waals surface area contributed by atoms with Crippen LogP contribution in [0.1, 0.15) is 5.56 Å². The molecule has 0 saturated heterocycles. The van der Waals surface area contributed by atoms with Crippen LogP contribution in [-0.4, -0.2) is 20.1 Å². The molecular weight excluding hydrogens is 297 g/mol. The Bertz CT molecular complexity index is 676. The van der Waals surface area contributed by atoms with Crippen LogP contribution in [0.5, 0.6) is 5.75 Å². The maximum absolute atomic E-state index is 12.3. The van der Waals surface area contributed by atoms with Gasteiger partial charge in [0, 0.05) is 0 Å². The van der Waals surface area contributed by atoms with E-state index in [4.69, 9.17) is 10.5 Å². The molecule has 0 aromatic heterocycles. The van der Waals surface area contributed by atoms with E-state index in [0.717, 1.165) is 30.5 Å². The molecule has 1 aromatic carbocycles. The van der Waals surface area contributed by atoms with Crippen LogP contribution in [0.2, 0.25) is 0 Å². The fourth-order valence-corrected chi connectivity index (χ4v) is 2.28. The lowest BCUT2D eigenvalue weighted by molar-refractivity contribution is -0.137. The Morgan fingerprint density at radius 3 is 2.25 bits per heavy atom. The lowest BCUT2D eigenvalue weighted by Gasteiger charge is -2.09. The quantitative estimate of drug-likeness (QED) is 0.921. The number of rotatable bonds is 3. The van der Waals surface area contributed by atoms with Crippen molar-refractivity contribution in [1.29, 1.82) is 0 Å². The Morgan fingerprint density at radius 2 is 1.80 bits per heavy atom. The SMILES string of the molecule is NC1=CN=C(COc2ccc(C(F)(F)F)cc2)S1(=O)=O. The van der Waals surface area contributed by atoms with E-state index in [-0.39, 0.29) is 15.8 Å². The summed E-state index contributed by atoms with van der Waals surface area (Å²) >= 11 is 0. The highest BCUT2D eigenvalue weighted by Gasteiger charge is 2.30. The number of aliphatic imine (C=N–C) groups is 1. The van der Waals surface area contributed by atoms with E-state index < -0.39 is 28.2 Å². The van der Waals surface area contributed by atoms with Gasteiger partial charge in [-0.15, -0.1) is 0 Å². The average Bonchev–Trinajstić information content (AvgIpc) is 2.61. The van der Waals surface area contributed by atoms with E-state index in [1.807, 2.05) is 0 Å². The molecule has 9 heteroatoms. The number of ether oxygens (including phenoxy) is 1. The highest BCUT2D eigenvalue weighted by Crippen LogP contribution is 2.30. The van der Waals surface area contributed by atoms with Gasteiger partial charge >= 0.3 is 6.18 Å². The van der Waals surface area contributed by atoms with Crippen LogP contribution in [0.4, 0.5) is 13.2 Å². The highest BCUT2D eigenvalue weighted by atomic mass is 32.2. The second kappa shape index (κ2) is 4.82. The summed E-state index contributed by atoms with van der Waals surface area (Å²) in [6.07, 6.45) is -3.45. The van der Waals surface area contributed by atoms with Gasteiger partial charge in [0.2, 0.25) is 9.84 Å². The van der Waals surface area contributed by atoms with Gasteiger partial charge < -0.3 is 10.5 Å². The smallest absolute Gasteiger partial charge is 0.416 e. The summed E-state index contributed by atoms with van der Waals surface area (Å²) in [4.78, 5) is 3.58. The van der Waals surface area contributed by atoms with E-state index in [0.29, 0.717) is 0 Å². The second-order valence-electron chi connectivity index (χ2n) is 3.87. The Labute approximate surface area is 112 Å². The lowest BCUT2D eigenvalue weighted by atomic mass is 10.2. The molecule has 0 fully saturated rings. The van der Waals surface area contributed by atoms with Gasteiger partial charge in [0.15, 0.2) is 10.1 Å². The highest BCUT2D eigenvalue weighted by molar-refractivity contribution is 8.10. The fraction of sp³-hybridized carbons (Fsp3) is 0.182. The van der Waals surface area contributed by atoms with Gasteiger partial charge in [-0.05, 0) is 24.3 Å². The molecule has 5 nitrogen and oxygen atoms in total. The van der Waals surface area contributed by atoms with Gasteiger partial charge in [0.05, 0.1) is 11.8 Å². The van der Waals surface area contributed by atoms with Gasteiger partial charge in [0.25, 0.3) is 0 Å². The topological polar surface area (TPSA) is 81.8 Å². The molecule has 108 valence electrons. The van der Waals surface area contributed by atoms with Crippen molar-refractivity contribution in [3.05, 3.63) is 41.1 Å². The van der Waals surface area contributed by atoms with E-state index in [1.54, 1.807) is 0 Å². The molecule has 0 unspecified atom stereocenters. The summed E-state index contributed by atoms with van der Waals surface area (Å²) in [6, 6.07) is 3.88. The second-order valence-corrected chi connectivity index (χ2v) is 5.82. The van der Waals surface area contributed by atoms with E-state index in [2.05, 4.69) is 4.99 Å². The van der Waals surface area contributed by atoms with Crippen molar-refractivity contribution < 1.29 is 26.3 Å². The van der Waals surface area contributed by atoms with Crippen molar-refractivity contribution in [3.63, 3.8) is 0 Å². The molecular formula is C11H9F3N2O3S. The molecule has 0 saturated carbocycles. The third-order valence-electron chi connectivity index (χ3n) is 2.50. The molecule has 0 aliphatic carbocycles. The first-order valence-electron chi connectivity index (χ1n) is 5.29. The minimum atomic E-state index is -4.43. The predicted molar refractivity (Wildman–Crippen MR) is 65.6 cm³/mol. The molecule has 2 rings (SSSR count). The summed E-state index contributed by atoms with van der Waals surface area (Å²) in [6.45, 7) is -0.398. The zero-order valence-corrected chi connectivity index (χ0v) is 10.7. The summed E-state index contributed by atoms with van der Waals surface area (Å²) < 4.78 is 65.2. The minimum Gasteiger partial charge on any atom is -0.487 e. The van der Waals surface area contributed by atoms with E-state index >= 15 is 0 Å². The first-order valence-corrected chi connectivity index (χ1v) is 6.77. The molecule has 0 atom stereocenters. The normalized spacial score (nSPS) is 17.6. The Morgan fingerprint density at radius 1 is 1.20 bits per heavy atom. The van der Waals surface area contributed by atoms with Crippen molar-refractivity contribution in [3.8, 4) is 5.75 Å². The van der Waals surface area contributed by atoms with Crippen LogP contribution >= 0.6 is 0 Å². The minimum absolute atomic E-state index is 0.0985.